The van der Waals surface area contributed by atoms with Crippen molar-refractivity contribution in [3.8, 4) is 0 Å². The van der Waals surface area contributed by atoms with Gasteiger partial charge in [0.15, 0.2) is 9.92 Å². The van der Waals surface area contributed by atoms with Crippen LogP contribution in [0.3, 0.4) is 0 Å². The van der Waals surface area contributed by atoms with Gasteiger partial charge in [-0.25, -0.2) is 14.1 Å². The molecule has 0 fully saturated rings. The second-order valence-corrected chi connectivity index (χ2v) is 12.1. The molecule has 0 radical (unpaired) electrons. The second kappa shape index (κ2) is 7.63. The summed E-state index contributed by atoms with van der Waals surface area (Å²) in [4.78, 5) is 17.7. The third-order valence-electron chi connectivity index (χ3n) is 6.21. The summed E-state index contributed by atoms with van der Waals surface area (Å²) in [6, 6.07) is 0.660. The van der Waals surface area contributed by atoms with Crippen molar-refractivity contribution in [1.82, 2.24) is 4.98 Å². The van der Waals surface area contributed by atoms with Crippen LogP contribution in [0.4, 0.5) is 10.5 Å². The Morgan fingerprint density at radius 3 is 2.84 bits per heavy atom. The maximum atomic E-state index is 13.0. The Morgan fingerprint density at radius 1 is 1.39 bits per heavy atom. The van der Waals surface area contributed by atoms with Gasteiger partial charge >= 0.3 is 6.03 Å². The number of pyridine rings is 1. The van der Waals surface area contributed by atoms with Gasteiger partial charge in [0.1, 0.15) is 9.81 Å². The van der Waals surface area contributed by atoms with Crippen molar-refractivity contribution in [2.75, 3.05) is 11.9 Å². The fourth-order valence-corrected chi connectivity index (χ4v) is 6.52. The van der Waals surface area contributed by atoms with Gasteiger partial charge in [-0.15, -0.1) is 15.7 Å². The number of nitrogens with zero attached hydrogens (tertiary/aromatic N) is 2. The van der Waals surface area contributed by atoms with Crippen LogP contribution < -0.4 is 10.5 Å². The fraction of sp³-hybridized carbons (Fsp3) is 0.524. The second-order valence-electron chi connectivity index (χ2n) is 9.15. The molecular weight excluding hydrogens is 436 g/mol. The minimum Gasteiger partial charge on any atom is -0.393 e. The van der Waals surface area contributed by atoms with Crippen molar-refractivity contribution in [3.63, 3.8) is 0 Å². The largest absolute Gasteiger partial charge is 0.393 e. The van der Waals surface area contributed by atoms with E-state index in [1.807, 2.05) is 0 Å². The lowest BCUT2D eigenvalue weighted by Gasteiger charge is -2.20. The van der Waals surface area contributed by atoms with Crippen molar-refractivity contribution >= 4 is 33.0 Å². The molecule has 8 nitrogen and oxygen atoms in total. The number of fused-ring (bicyclic) bond motifs is 2. The van der Waals surface area contributed by atoms with Crippen LogP contribution in [0.2, 0.25) is 0 Å². The summed E-state index contributed by atoms with van der Waals surface area (Å²) in [6.45, 7) is 5.26. The van der Waals surface area contributed by atoms with E-state index in [1.165, 1.54) is 13.0 Å². The van der Waals surface area contributed by atoms with Gasteiger partial charge in [0.25, 0.3) is 0 Å². The van der Waals surface area contributed by atoms with Gasteiger partial charge in [0, 0.05) is 11.1 Å². The first-order chi connectivity index (χ1) is 14.4. The molecule has 2 aromatic heterocycles. The van der Waals surface area contributed by atoms with Crippen molar-refractivity contribution in [3.05, 3.63) is 39.5 Å². The van der Waals surface area contributed by atoms with Crippen LogP contribution in [0.15, 0.2) is 20.0 Å². The molecule has 0 saturated heterocycles. The number of thiophene rings is 1. The summed E-state index contributed by atoms with van der Waals surface area (Å²) < 4.78 is 16.9. The highest BCUT2D eigenvalue weighted by atomic mass is 32.2. The first-order valence-corrected chi connectivity index (χ1v) is 12.7. The lowest BCUT2D eigenvalue weighted by atomic mass is 9.90. The molecule has 10 heteroatoms. The summed E-state index contributed by atoms with van der Waals surface area (Å²) >= 11 is 1.03. The Hall–Kier alpha value is -1.85. The van der Waals surface area contributed by atoms with Crippen LogP contribution in [-0.2, 0) is 40.2 Å². The molecule has 2 atom stereocenters. The SMILES string of the molecule is CC1(C)CCc2c1nc1c(c2NC(=O)N=[S@@](N)(=O)c2cc(C(C)(O)CO)cs2)CCC1. The molecule has 2 heterocycles. The Kier molecular flexibility index (Phi) is 5.50. The molecule has 2 aromatic rings. The van der Waals surface area contributed by atoms with E-state index in [4.69, 9.17) is 10.1 Å². The smallest absolute Gasteiger partial charge is 0.354 e. The predicted octanol–water partition coefficient (Wildman–Crippen LogP) is 2.99. The van der Waals surface area contributed by atoms with Gasteiger partial charge in [0.2, 0.25) is 0 Å². The van der Waals surface area contributed by atoms with Crippen LogP contribution in [0.1, 0.15) is 61.7 Å². The van der Waals surface area contributed by atoms with Gasteiger partial charge in [-0.3, -0.25) is 4.98 Å². The van der Waals surface area contributed by atoms with E-state index in [0.29, 0.717) is 5.56 Å². The van der Waals surface area contributed by atoms with E-state index in [-0.39, 0.29) is 9.62 Å². The minimum atomic E-state index is -3.51. The average molecular weight is 465 g/mol. The first kappa shape index (κ1) is 22.3. The molecule has 4 rings (SSSR count). The van der Waals surface area contributed by atoms with E-state index < -0.39 is 28.2 Å². The predicted molar refractivity (Wildman–Crippen MR) is 121 cm³/mol. The molecule has 2 amide bonds. The van der Waals surface area contributed by atoms with Gasteiger partial charge < -0.3 is 15.5 Å². The number of aromatic nitrogens is 1. The van der Waals surface area contributed by atoms with E-state index >= 15 is 0 Å². The van der Waals surface area contributed by atoms with Crippen LogP contribution in [0.5, 0.6) is 0 Å². The Labute approximate surface area is 186 Å². The number of aryl methyl sites for hydroxylation is 1. The number of aliphatic hydroxyl groups is 2. The monoisotopic (exact) mass is 464 g/mol. The molecule has 1 unspecified atom stereocenters. The van der Waals surface area contributed by atoms with Gasteiger partial charge in [0.05, 0.1) is 18.0 Å². The summed E-state index contributed by atoms with van der Waals surface area (Å²) in [7, 11) is -3.51. The highest BCUT2D eigenvalue weighted by Crippen LogP contribution is 2.44. The number of aliphatic hydroxyl groups excluding tert-OH is 1. The normalized spacial score (nSPS) is 20.5. The number of hydrogen-bond donors (Lipinski definition) is 4. The standard InChI is InChI=1S/C21H28N4O4S2/c1-20(2)8-7-14-17(13-5-4-6-15(13)23-18(14)20)24-19(27)25-31(22,29)16-9-12(10-30-16)21(3,28)11-26/h9-10,26,28H,4-8,11H2,1-3H3,(H3,22,23,24,25,27,29)/t21?,31-/m1/s1. The first-order valence-electron chi connectivity index (χ1n) is 10.3. The summed E-state index contributed by atoms with van der Waals surface area (Å²) in [5, 5.41) is 29.8. The van der Waals surface area contributed by atoms with Gasteiger partial charge in [-0.1, -0.05) is 13.8 Å². The number of amides is 2. The quantitative estimate of drug-likeness (QED) is 0.551. The number of hydrogen-bond acceptors (Lipinski definition) is 6. The molecule has 0 aromatic carbocycles. The van der Waals surface area contributed by atoms with Gasteiger partial charge in [-0.05, 0) is 67.2 Å². The molecular formula is C21H28N4O4S2. The highest BCUT2D eigenvalue weighted by molar-refractivity contribution is 7.93. The third kappa shape index (κ3) is 4.03. The molecule has 168 valence electrons. The molecule has 0 bridgehead atoms. The minimum absolute atomic E-state index is 0.0536. The summed E-state index contributed by atoms with van der Waals surface area (Å²) in [6.07, 6.45) is 4.49. The number of carbonyl (C=O) groups excluding carboxylic acids is 1. The highest BCUT2D eigenvalue weighted by Gasteiger charge is 2.36. The Balaban J connectivity index is 1.67. The number of carbonyl (C=O) groups is 1. The summed E-state index contributed by atoms with van der Waals surface area (Å²) in [5.41, 5.74) is 3.70. The maximum Gasteiger partial charge on any atom is 0.354 e. The summed E-state index contributed by atoms with van der Waals surface area (Å²) in [5.74, 6) is 0. The van der Waals surface area contributed by atoms with E-state index in [9.17, 15) is 19.2 Å². The van der Waals surface area contributed by atoms with Crippen molar-refractivity contribution in [1.29, 1.82) is 0 Å². The van der Waals surface area contributed by atoms with Gasteiger partial charge in [-0.2, -0.15) is 0 Å². The van der Waals surface area contributed by atoms with Crippen LogP contribution in [0, 0.1) is 0 Å². The zero-order valence-electron chi connectivity index (χ0n) is 17.9. The van der Waals surface area contributed by atoms with E-state index in [2.05, 4.69) is 23.5 Å². The van der Waals surface area contributed by atoms with E-state index in [0.717, 1.165) is 71.6 Å². The van der Waals surface area contributed by atoms with E-state index in [1.54, 1.807) is 5.38 Å². The Bertz CT molecular complexity index is 1180. The lowest BCUT2D eigenvalue weighted by molar-refractivity contribution is -0.00203. The molecule has 31 heavy (non-hydrogen) atoms. The fourth-order valence-electron chi connectivity index (χ4n) is 4.27. The molecule has 0 aliphatic heterocycles. The average Bonchev–Trinajstić information content (AvgIpc) is 3.41. The van der Waals surface area contributed by atoms with Crippen LogP contribution >= 0.6 is 11.3 Å². The van der Waals surface area contributed by atoms with Crippen molar-refractivity contribution in [2.24, 2.45) is 9.50 Å². The third-order valence-corrected chi connectivity index (χ3v) is 9.07. The molecule has 2 aliphatic carbocycles. The number of nitrogens with two attached hydrogens (primary N) is 1. The topological polar surface area (TPSA) is 138 Å². The number of rotatable bonds is 4. The number of nitrogens with one attached hydrogen (secondary N) is 1. The molecule has 2 aliphatic rings. The zero-order valence-corrected chi connectivity index (χ0v) is 19.5. The Morgan fingerprint density at radius 2 is 2.13 bits per heavy atom. The lowest BCUT2D eigenvalue weighted by Crippen LogP contribution is -2.25. The number of urea groups is 1. The van der Waals surface area contributed by atoms with Crippen molar-refractivity contribution in [2.45, 2.75) is 68.1 Å². The maximum absolute atomic E-state index is 13.0. The molecule has 0 saturated carbocycles. The number of anilines is 1. The molecule has 5 N–H and O–H groups in total. The molecule has 0 spiro atoms. The van der Waals surface area contributed by atoms with Crippen LogP contribution in [0.25, 0.3) is 0 Å². The zero-order chi connectivity index (χ0) is 22.6. The van der Waals surface area contributed by atoms with Crippen LogP contribution in [-0.4, -0.2) is 32.0 Å². The van der Waals surface area contributed by atoms with Crippen molar-refractivity contribution < 1.29 is 19.2 Å².